The van der Waals surface area contributed by atoms with Gasteiger partial charge in [0, 0.05) is 22.3 Å². The molecule has 0 fully saturated rings. The maximum atomic E-state index is 13.6. The summed E-state index contributed by atoms with van der Waals surface area (Å²) in [6, 6.07) is 4.57. The van der Waals surface area contributed by atoms with E-state index in [1.807, 2.05) is 13.8 Å². The number of benzene rings is 1. The fraction of sp³-hybridized carbons (Fsp3) is 0.385. The third kappa shape index (κ3) is 3.50. The van der Waals surface area contributed by atoms with Gasteiger partial charge in [-0.15, -0.1) is 10.2 Å². The Hall–Kier alpha value is -1.11. The Labute approximate surface area is 125 Å². The van der Waals surface area contributed by atoms with E-state index in [4.69, 9.17) is 16.0 Å². The van der Waals surface area contributed by atoms with Crippen molar-refractivity contribution in [3.8, 4) is 0 Å². The number of halogens is 2. The molecule has 0 aliphatic rings. The molecular formula is C13H16ClFN3OS+. The predicted octanol–water partition coefficient (Wildman–Crippen LogP) is 3.09. The average Bonchev–Trinajstić information content (AvgIpc) is 2.86. The van der Waals surface area contributed by atoms with Gasteiger partial charge in [0.1, 0.15) is 5.82 Å². The van der Waals surface area contributed by atoms with Gasteiger partial charge in [0.2, 0.25) is 0 Å². The lowest BCUT2D eigenvalue weighted by atomic mass is 10.1. The van der Waals surface area contributed by atoms with Gasteiger partial charge in [-0.3, -0.25) is 0 Å². The van der Waals surface area contributed by atoms with E-state index in [0.29, 0.717) is 33.4 Å². The minimum atomic E-state index is -0.332. The molecule has 4 nitrogen and oxygen atoms in total. The van der Waals surface area contributed by atoms with E-state index in [1.54, 1.807) is 12.1 Å². The summed E-state index contributed by atoms with van der Waals surface area (Å²) in [6.07, 6.45) is 0. The Bertz CT molecular complexity index is 570. The highest BCUT2D eigenvalue weighted by Gasteiger charge is 2.21. The largest absolute Gasteiger partial charge is 0.410 e. The molecule has 7 heteroatoms. The molecule has 0 radical (unpaired) electrons. The zero-order valence-electron chi connectivity index (χ0n) is 11.3. The van der Waals surface area contributed by atoms with Crippen LogP contribution >= 0.6 is 23.4 Å². The molecular weight excluding hydrogens is 301 g/mol. The maximum absolute atomic E-state index is 13.6. The van der Waals surface area contributed by atoms with Crippen LogP contribution in [0.3, 0.4) is 0 Å². The standard InChI is InChI=1S/C13H15ClFN3OS/c1-7(2)11(16)12-17-18-13(19-12)20-6-8-9(14)4-3-5-10(8)15/h3-5,7,11H,6,16H2,1-2H3/p+1/t11-/m0/s1. The molecule has 20 heavy (non-hydrogen) atoms. The second-order valence-electron chi connectivity index (χ2n) is 4.75. The van der Waals surface area contributed by atoms with Gasteiger partial charge in [-0.1, -0.05) is 43.3 Å². The van der Waals surface area contributed by atoms with Crippen LogP contribution in [-0.4, -0.2) is 10.2 Å². The molecule has 0 amide bonds. The number of hydrogen-bond donors (Lipinski definition) is 1. The van der Waals surface area contributed by atoms with E-state index in [1.165, 1.54) is 17.8 Å². The predicted molar refractivity (Wildman–Crippen MR) is 75.7 cm³/mol. The van der Waals surface area contributed by atoms with Gasteiger partial charge in [-0.2, -0.15) is 0 Å². The maximum Gasteiger partial charge on any atom is 0.277 e. The summed E-state index contributed by atoms with van der Waals surface area (Å²) in [5.74, 6) is 0.829. The molecule has 0 saturated heterocycles. The summed E-state index contributed by atoms with van der Waals surface area (Å²) in [5, 5.41) is 8.70. The first kappa shape index (κ1) is 15.3. The second kappa shape index (κ2) is 6.56. The first-order valence-corrected chi connectivity index (χ1v) is 7.57. The van der Waals surface area contributed by atoms with Crippen LogP contribution < -0.4 is 5.73 Å². The number of quaternary nitrogens is 1. The van der Waals surface area contributed by atoms with Crippen molar-refractivity contribution >= 4 is 23.4 Å². The lowest BCUT2D eigenvalue weighted by Crippen LogP contribution is -2.56. The number of nitrogens with zero attached hydrogens (tertiary/aromatic N) is 2. The lowest BCUT2D eigenvalue weighted by Gasteiger charge is -2.06. The smallest absolute Gasteiger partial charge is 0.277 e. The zero-order chi connectivity index (χ0) is 14.7. The summed E-state index contributed by atoms with van der Waals surface area (Å²) in [6.45, 7) is 4.07. The fourth-order valence-corrected chi connectivity index (χ4v) is 2.63. The van der Waals surface area contributed by atoms with Crippen molar-refractivity contribution in [3.05, 3.63) is 40.5 Å². The molecule has 3 N–H and O–H groups in total. The highest BCUT2D eigenvalue weighted by Crippen LogP contribution is 2.28. The van der Waals surface area contributed by atoms with Crippen LogP contribution in [0.25, 0.3) is 0 Å². The summed E-state index contributed by atoms with van der Waals surface area (Å²) >= 11 is 7.22. The van der Waals surface area contributed by atoms with Crippen LogP contribution in [-0.2, 0) is 5.75 Å². The average molecular weight is 317 g/mol. The molecule has 0 bridgehead atoms. The molecule has 0 saturated carbocycles. The summed E-state index contributed by atoms with van der Waals surface area (Å²) < 4.78 is 19.1. The highest BCUT2D eigenvalue weighted by atomic mass is 35.5. The van der Waals surface area contributed by atoms with Crippen molar-refractivity contribution in [2.75, 3.05) is 0 Å². The third-order valence-electron chi connectivity index (χ3n) is 2.95. The van der Waals surface area contributed by atoms with E-state index in [0.717, 1.165) is 0 Å². The molecule has 0 aliphatic heterocycles. The Balaban J connectivity index is 2.05. The molecule has 2 aromatic rings. The van der Waals surface area contributed by atoms with Crippen molar-refractivity contribution in [2.24, 2.45) is 5.92 Å². The number of thioether (sulfide) groups is 1. The van der Waals surface area contributed by atoms with E-state index in [2.05, 4.69) is 15.9 Å². The Kier molecular flexibility index (Phi) is 5.01. The topological polar surface area (TPSA) is 66.6 Å². The minimum absolute atomic E-state index is 0.0473. The molecule has 0 aliphatic carbocycles. The quantitative estimate of drug-likeness (QED) is 0.861. The van der Waals surface area contributed by atoms with Crippen LogP contribution in [0, 0.1) is 11.7 Å². The van der Waals surface area contributed by atoms with Crippen molar-refractivity contribution in [3.63, 3.8) is 0 Å². The summed E-state index contributed by atoms with van der Waals surface area (Å²) in [5.41, 5.74) is 4.42. The van der Waals surface area contributed by atoms with Gasteiger partial charge < -0.3 is 10.2 Å². The Morgan fingerprint density at radius 1 is 1.40 bits per heavy atom. The van der Waals surface area contributed by atoms with E-state index >= 15 is 0 Å². The molecule has 1 aromatic heterocycles. The van der Waals surface area contributed by atoms with Crippen molar-refractivity contribution < 1.29 is 14.5 Å². The van der Waals surface area contributed by atoms with E-state index in [9.17, 15) is 4.39 Å². The number of aromatic nitrogens is 2. The summed E-state index contributed by atoms with van der Waals surface area (Å²) in [7, 11) is 0. The van der Waals surface area contributed by atoms with Gasteiger partial charge in [0.25, 0.3) is 11.1 Å². The van der Waals surface area contributed by atoms with E-state index < -0.39 is 0 Å². The van der Waals surface area contributed by atoms with Crippen LogP contribution in [0.5, 0.6) is 0 Å². The van der Waals surface area contributed by atoms with Crippen molar-refractivity contribution in [1.29, 1.82) is 0 Å². The number of rotatable bonds is 5. The van der Waals surface area contributed by atoms with Crippen LogP contribution in [0.4, 0.5) is 4.39 Å². The van der Waals surface area contributed by atoms with Crippen LogP contribution in [0.15, 0.2) is 27.8 Å². The molecule has 108 valence electrons. The molecule has 0 spiro atoms. The number of hydrogen-bond acceptors (Lipinski definition) is 4. The van der Waals surface area contributed by atoms with Gasteiger partial charge in [-0.25, -0.2) is 4.39 Å². The first-order valence-electron chi connectivity index (χ1n) is 6.21. The van der Waals surface area contributed by atoms with Crippen molar-refractivity contribution in [2.45, 2.75) is 30.9 Å². The van der Waals surface area contributed by atoms with Crippen LogP contribution in [0.1, 0.15) is 31.3 Å². The molecule has 2 rings (SSSR count). The fourth-order valence-electron chi connectivity index (χ4n) is 1.52. The van der Waals surface area contributed by atoms with E-state index in [-0.39, 0.29) is 11.9 Å². The third-order valence-corrected chi connectivity index (χ3v) is 4.14. The normalized spacial score (nSPS) is 12.9. The molecule has 1 atom stereocenters. The lowest BCUT2D eigenvalue weighted by molar-refractivity contribution is -0.443. The molecule has 1 heterocycles. The first-order chi connectivity index (χ1) is 9.49. The monoisotopic (exact) mass is 316 g/mol. The van der Waals surface area contributed by atoms with Gasteiger partial charge in [0.05, 0.1) is 0 Å². The zero-order valence-corrected chi connectivity index (χ0v) is 12.8. The summed E-state index contributed by atoms with van der Waals surface area (Å²) in [4.78, 5) is 0. The minimum Gasteiger partial charge on any atom is -0.410 e. The van der Waals surface area contributed by atoms with Crippen LogP contribution in [0.2, 0.25) is 5.02 Å². The SMILES string of the molecule is CC(C)[C@H]([NH3+])c1nnc(SCc2c(F)cccc2Cl)o1. The Morgan fingerprint density at radius 2 is 2.15 bits per heavy atom. The second-order valence-corrected chi connectivity index (χ2v) is 6.08. The van der Waals surface area contributed by atoms with Gasteiger partial charge >= 0.3 is 0 Å². The highest BCUT2D eigenvalue weighted by molar-refractivity contribution is 7.98. The molecule has 1 aromatic carbocycles. The van der Waals surface area contributed by atoms with Crippen molar-refractivity contribution in [1.82, 2.24) is 10.2 Å². The van der Waals surface area contributed by atoms with Gasteiger partial charge in [-0.05, 0) is 12.1 Å². The van der Waals surface area contributed by atoms with Gasteiger partial charge in [0.15, 0.2) is 6.04 Å². The Morgan fingerprint density at radius 3 is 2.80 bits per heavy atom. The molecule has 0 unspecified atom stereocenters.